The molecule has 3 nitrogen and oxygen atoms in total. The van der Waals surface area contributed by atoms with Gasteiger partial charge in [0.25, 0.3) is 0 Å². The lowest BCUT2D eigenvalue weighted by Crippen LogP contribution is -1.96. The van der Waals surface area contributed by atoms with Crippen molar-refractivity contribution in [2.75, 3.05) is 0 Å². The Bertz CT molecular complexity index is 90.4. The first-order chi connectivity index (χ1) is 3.77. The van der Waals surface area contributed by atoms with Gasteiger partial charge in [0.05, 0.1) is 0 Å². The lowest BCUT2D eigenvalue weighted by Gasteiger charge is -1.84. The van der Waals surface area contributed by atoms with Crippen LogP contribution >= 0.6 is 0 Å². The first-order valence-electron chi connectivity index (χ1n) is 2.37. The predicted molar refractivity (Wildman–Crippen MR) is 27.6 cm³/mol. The van der Waals surface area contributed by atoms with Gasteiger partial charge in [-0.3, -0.25) is 15.3 Å². The molecule has 1 amide bonds. The quantitative estimate of drug-likeness (QED) is 0.484. The van der Waals surface area contributed by atoms with Crippen molar-refractivity contribution in [1.29, 1.82) is 0 Å². The molecule has 0 aliphatic heterocycles. The molecule has 2 radical (unpaired) electrons. The Kier molecular flexibility index (Phi) is 3.84. The number of carbonyl (C=O) groups is 1. The van der Waals surface area contributed by atoms with Crippen molar-refractivity contribution in [1.82, 2.24) is 5.73 Å². The second-order valence-corrected chi connectivity index (χ2v) is 1.42. The number of rotatable bonds is 4. The average molecular weight is 113 g/mol. The zero-order valence-corrected chi connectivity index (χ0v) is 4.44. The number of unbranched alkanes of at least 4 members (excludes halogenated alkanes) is 1. The van der Waals surface area contributed by atoms with Crippen molar-refractivity contribution in [3.63, 3.8) is 0 Å². The highest BCUT2D eigenvalue weighted by Crippen LogP contribution is 1.89. The molecule has 1 N–H and O–H groups in total. The van der Waals surface area contributed by atoms with Gasteiger partial charge in [-0.05, 0) is 6.42 Å². The summed E-state index contributed by atoms with van der Waals surface area (Å²) in [5.41, 5.74) is 6.39. The summed E-state index contributed by atoms with van der Waals surface area (Å²) < 4.78 is 0. The van der Waals surface area contributed by atoms with Crippen molar-refractivity contribution in [3.8, 4) is 0 Å². The van der Waals surface area contributed by atoms with Crippen LogP contribution in [-0.2, 0) is 9.59 Å². The van der Waals surface area contributed by atoms with Crippen molar-refractivity contribution in [2.45, 2.75) is 19.3 Å². The Morgan fingerprint density at radius 1 is 1.62 bits per heavy atom. The maximum Gasteiger partial charge on any atom is 0.238 e. The molecule has 0 spiro atoms. The molecule has 0 bridgehead atoms. The molecular weight excluding hydrogens is 106 g/mol. The monoisotopic (exact) mass is 113 g/mol. The van der Waals surface area contributed by atoms with Crippen LogP contribution in [0.25, 0.3) is 0 Å². The highest BCUT2D eigenvalue weighted by molar-refractivity contribution is 5.73. The van der Waals surface area contributed by atoms with Gasteiger partial charge < -0.3 is 0 Å². The Hall–Kier alpha value is -0.860. The van der Waals surface area contributed by atoms with E-state index in [2.05, 4.69) is 0 Å². The molecule has 0 saturated carbocycles. The van der Waals surface area contributed by atoms with Crippen molar-refractivity contribution < 1.29 is 9.59 Å². The molecule has 0 fully saturated rings. The van der Waals surface area contributed by atoms with Crippen LogP contribution in [0, 0.1) is 0 Å². The van der Waals surface area contributed by atoms with Crippen LogP contribution in [-0.4, -0.2) is 12.2 Å². The van der Waals surface area contributed by atoms with Crippen molar-refractivity contribution in [2.24, 2.45) is 0 Å². The summed E-state index contributed by atoms with van der Waals surface area (Å²) in [5.74, 6) is -0.611. The first-order valence-corrected chi connectivity index (χ1v) is 2.37. The molecule has 0 aromatic rings. The van der Waals surface area contributed by atoms with E-state index >= 15 is 0 Å². The highest BCUT2D eigenvalue weighted by Gasteiger charge is 1.92. The van der Waals surface area contributed by atoms with Gasteiger partial charge in [-0.25, -0.2) is 0 Å². The molecule has 0 saturated heterocycles. The van der Waals surface area contributed by atoms with Crippen LogP contribution in [0.3, 0.4) is 0 Å². The van der Waals surface area contributed by atoms with E-state index in [1.807, 2.05) is 0 Å². The highest BCUT2D eigenvalue weighted by atomic mass is 16.1. The number of carbonyl (C=O) groups excluding carboxylic acids is 2. The molecule has 3 heteroatoms. The van der Waals surface area contributed by atoms with E-state index < -0.39 is 5.91 Å². The Balaban J connectivity index is 2.93. The van der Waals surface area contributed by atoms with E-state index in [0.717, 1.165) is 0 Å². The molecule has 0 heterocycles. The summed E-state index contributed by atoms with van der Waals surface area (Å²) >= 11 is 0. The van der Waals surface area contributed by atoms with Crippen molar-refractivity contribution in [3.05, 3.63) is 0 Å². The molecular formula is C5H7NO2. The Morgan fingerprint density at radius 2 is 2.25 bits per heavy atom. The smallest absolute Gasteiger partial charge is 0.238 e. The van der Waals surface area contributed by atoms with E-state index in [0.29, 0.717) is 6.42 Å². The van der Waals surface area contributed by atoms with Gasteiger partial charge in [0, 0.05) is 12.8 Å². The summed E-state index contributed by atoms with van der Waals surface area (Å²) in [5, 5.41) is 0. The molecule has 0 unspecified atom stereocenters. The number of amides is 1. The number of nitrogens with one attached hydrogen (secondary N) is 1. The Morgan fingerprint density at radius 3 is 2.62 bits per heavy atom. The van der Waals surface area contributed by atoms with Gasteiger partial charge in [-0.2, -0.15) is 0 Å². The van der Waals surface area contributed by atoms with E-state index in [4.69, 9.17) is 5.73 Å². The molecule has 0 aliphatic carbocycles. The summed E-state index contributed by atoms with van der Waals surface area (Å²) in [6.07, 6.45) is 2.55. The molecule has 0 atom stereocenters. The molecule has 8 heavy (non-hydrogen) atoms. The second-order valence-electron chi connectivity index (χ2n) is 1.42. The lowest BCUT2D eigenvalue weighted by atomic mass is 10.2. The van der Waals surface area contributed by atoms with Gasteiger partial charge in [0.15, 0.2) is 6.29 Å². The van der Waals surface area contributed by atoms with Gasteiger partial charge in [0.1, 0.15) is 0 Å². The average Bonchev–Trinajstić information content (AvgIpc) is 1.66. The third-order valence-corrected chi connectivity index (χ3v) is 0.683. The van der Waals surface area contributed by atoms with Crippen LogP contribution < -0.4 is 5.73 Å². The zero-order valence-electron chi connectivity index (χ0n) is 4.44. The molecule has 0 aromatic heterocycles. The van der Waals surface area contributed by atoms with Crippen LogP contribution in [0.5, 0.6) is 0 Å². The predicted octanol–water partition coefficient (Wildman–Crippen LogP) is 0.0759. The molecule has 44 valence electrons. The van der Waals surface area contributed by atoms with E-state index in [1.165, 1.54) is 0 Å². The van der Waals surface area contributed by atoms with E-state index in [1.54, 1.807) is 6.29 Å². The third-order valence-electron chi connectivity index (χ3n) is 0.683. The van der Waals surface area contributed by atoms with Gasteiger partial charge >= 0.3 is 0 Å². The van der Waals surface area contributed by atoms with Crippen LogP contribution in [0.15, 0.2) is 0 Å². The minimum absolute atomic E-state index is 0.176. The topological polar surface area (TPSA) is 57.9 Å². The zero-order chi connectivity index (χ0) is 6.41. The fourth-order valence-electron chi connectivity index (χ4n) is 0.321. The fourth-order valence-corrected chi connectivity index (χ4v) is 0.321. The summed E-state index contributed by atoms with van der Waals surface area (Å²) in [7, 11) is 0. The normalized spacial score (nSPS) is 8.50. The second kappa shape index (κ2) is 4.30. The number of hydrogen-bond acceptors (Lipinski definition) is 2. The van der Waals surface area contributed by atoms with Gasteiger partial charge in [-0.15, -0.1) is 0 Å². The van der Waals surface area contributed by atoms with Crippen LogP contribution in [0.2, 0.25) is 0 Å². The minimum atomic E-state index is -0.611. The molecule has 0 aliphatic rings. The van der Waals surface area contributed by atoms with Gasteiger partial charge in [-0.1, -0.05) is 0 Å². The first kappa shape index (κ1) is 7.14. The largest absolute Gasteiger partial charge is 0.291 e. The molecule has 0 rings (SSSR count). The SMILES string of the molecule is [NH]C(=O)CCC[C]=O. The number of hydrogen-bond donors (Lipinski definition) is 0. The minimum Gasteiger partial charge on any atom is -0.291 e. The fraction of sp³-hybridized carbons (Fsp3) is 0.600. The summed E-state index contributed by atoms with van der Waals surface area (Å²) in [6, 6.07) is 0. The van der Waals surface area contributed by atoms with Crippen LogP contribution in [0.1, 0.15) is 19.3 Å². The third kappa shape index (κ3) is 5.14. The van der Waals surface area contributed by atoms with Crippen LogP contribution in [0.4, 0.5) is 0 Å². The Labute approximate surface area is 47.9 Å². The van der Waals surface area contributed by atoms with E-state index in [9.17, 15) is 9.59 Å². The maximum atomic E-state index is 9.86. The lowest BCUT2D eigenvalue weighted by molar-refractivity contribution is -0.118. The summed E-state index contributed by atoms with van der Waals surface area (Å²) in [4.78, 5) is 19.3. The van der Waals surface area contributed by atoms with Crippen molar-refractivity contribution >= 4 is 12.2 Å². The maximum absolute atomic E-state index is 9.86. The summed E-state index contributed by atoms with van der Waals surface area (Å²) in [6.45, 7) is 0. The van der Waals surface area contributed by atoms with E-state index in [-0.39, 0.29) is 12.8 Å². The standard InChI is InChI=1S/C5H7NO2/c6-5(8)3-1-2-4-7/h6H,1-3H2. The van der Waals surface area contributed by atoms with Gasteiger partial charge in [0.2, 0.25) is 5.91 Å². The molecule has 0 aromatic carbocycles.